The van der Waals surface area contributed by atoms with E-state index in [0.717, 1.165) is 23.1 Å². The number of aliphatic hydroxyl groups is 1. The van der Waals surface area contributed by atoms with E-state index in [2.05, 4.69) is 34.1 Å². The van der Waals surface area contributed by atoms with E-state index < -0.39 is 17.5 Å². The fourth-order valence-electron chi connectivity index (χ4n) is 3.90. The van der Waals surface area contributed by atoms with Crippen LogP contribution in [0.4, 0.5) is 0 Å². The molecule has 1 aromatic carbocycles. The molecule has 2 heterocycles. The Morgan fingerprint density at radius 1 is 1.27 bits per heavy atom. The largest absolute Gasteiger partial charge is 0.481 e. The minimum atomic E-state index is -1.05. The van der Waals surface area contributed by atoms with Crippen molar-refractivity contribution in [1.82, 2.24) is 9.88 Å². The van der Waals surface area contributed by atoms with Gasteiger partial charge in [-0.25, -0.2) is 0 Å². The molecule has 138 valence electrons. The molecule has 2 aromatic rings. The summed E-state index contributed by atoms with van der Waals surface area (Å²) in [5.41, 5.74) is 2.28. The molecule has 5 nitrogen and oxygen atoms in total. The van der Waals surface area contributed by atoms with E-state index in [1.165, 1.54) is 0 Å². The van der Waals surface area contributed by atoms with Crippen molar-refractivity contribution in [2.24, 2.45) is 5.41 Å². The Balaban J connectivity index is 1.71. The average molecular weight is 354 g/mol. The van der Waals surface area contributed by atoms with Crippen LogP contribution in [-0.4, -0.2) is 45.3 Å². The Morgan fingerprint density at radius 2 is 2.04 bits per heavy atom. The summed E-state index contributed by atoms with van der Waals surface area (Å²) in [6, 6.07) is 12.2. The van der Waals surface area contributed by atoms with E-state index in [0.29, 0.717) is 32.5 Å². The molecule has 1 aliphatic heterocycles. The van der Waals surface area contributed by atoms with E-state index >= 15 is 0 Å². The second-order valence-corrected chi connectivity index (χ2v) is 7.17. The highest BCUT2D eigenvalue weighted by Crippen LogP contribution is 2.36. The number of aliphatic hydroxyl groups excluding tert-OH is 1. The predicted molar refractivity (Wildman–Crippen MR) is 101 cm³/mol. The summed E-state index contributed by atoms with van der Waals surface area (Å²) in [6.07, 6.45) is 4.57. The molecule has 26 heavy (non-hydrogen) atoms. The normalized spacial score (nSPS) is 23.7. The fourth-order valence-corrected chi connectivity index (χ4v) is 3.90. The van der Waals surface area contributed by atoms with Crippen LogP contribution < -0.4 is 0 Å². The monoisotopic (exact) mass is 354 g/mol. The number of nitrogens with zero attached hydrogens (tertiary/aromatic N) is 2. The van der Waals surface area contributed by atoms with Crippen molar-refractivity contribution in [2.75, 3.05) is 13.1 Å². The number of carboxylic acid groups (broad SMARTS) is 1. The van der Waals surface area contributed by atoms with Gasteiger partial charge in [-0.1, -0.05) is 43.7 Å². The Kier molecular flexibility index (Phi) is 5.69. The van der Waals surface area contributed by atoms with Crippen LogP contribution in [0.25, 0.3) is 11.1 Å². The summed E-state index contributed by atoms with van der Waals surface area (Å²) in [5, 5.41) is 20.1. The molecule has 5 heteroatoms. The van der Waals surface area contributed by atoms with Crippen molar-refractivity contribution in [2.45, 2.75) is 38.8 Å². The van der Waals surface area contributed by atoms with Gasteiger partial charge in [-0.2, -0.15) is 0 Å². The van der Waals surface area contributed by atoms with Crippen molar-refractivity contribution >= 4 is 5.97 Å². The van der Waals surface area contributed by atoms with E-state index in [1.54, 1.807) is 6.20 Å². The van der Waals surface area contributed by atoms with Crippen molar-refractivity contribution in [1.29, 1.82) is 0 Å². The van der Waals surface area contributed by atoms with Crippen molar-refractivity contribution in [3.05, 3.63) is 54.4 Å². The van der Waals surface area contributed by atoms with E-state index in [-0.39, 0.29) is 0 Å². The maximum absolute atomic E-state index is 11.9. The maximum atomic E-state index is 11.9. The summed E-state index contributed by atoms with van der Waals surface area (Å²) in [6.45, 7) is 3.76. The Labute approximate surface area is 154 Å². The van der Waals surface area contributed by atoms with Gasteiger partial charge in [0.25, 0.3) is 0 Å². The molecule has 3 rings (SSSR count). The van der Waals surface area contributed by atoms with Gasteiger partial charge >= 0.3 is 5.97 Å². The number of benzene rings is 1. The summed E-state index contributed by atoms with van der Waals surface area (Å²) in [5.74, 6) is -0.886. The number of pyridine rings is 1. The topological polar surface area (TPSA) is 73.7 Å². The maximum Gasteiger partial charge on any atom is 0.313 e. The first-order valence-electron chi connectivity index (χ1n) is 9.18. The molecule has 0 unspecified atom stereocenters. The Morgan fingerprint density at radius 3 is 2.65 bits per heavy atom. The standard InChI is InChI=1S/C21H26N2O3/c1-2-10-21(20(25)26)15-23(12-9-19(21)24)14-16-5-7-17(8-6-16)18-4-3-11-22-13-18/h3-8,11,13,19,24H,2,9-10,12,14-15H2,1H3,(H,25,26)/t19-,21-/m0/s1. The van der Waals surface area contributed by atoms with Crippen LogP contribution in [-0.2, 0) is 11.3 Å². The number of hydrogen-bond donors (Lipinski definition) is 2. The average Bonchev–Trinajstić information content (AvgIpc) is 2.66. The van der Waals surface area contributed by atoms with Crippen LogP contribution in [0.3, 0.4) is 0 Å². The lowest BCUT2D eigenvalue weighted by Gasteiger charge is -2.43. The van der Waals surface area contributed by atoms with E-state index in [1.807, 2.05) is 25.3 Å². The predicted octanol–water partition coefficient (Wildman–Crippen LogP) is 3.19. The molecule has 1 aromatic heterocycles. The van der Waals surface area contributed by atoms with Crippen molar-refractivity contribution in [3.8, 4) is 11.1 Å². The van der Waals surface area contributed by atoms with Gasteiger partial charge in [0, 0.05) is 32.0 Å². The van der Waals surface area contributed by atoms with Crippen LogP contribution in [0, 0.1) is 5.41 Å². The number of aromatic nitrogens is 1. The number of carboxylic acids is 1. The zero-order chi connectivity index (χ0) is 18.6. The van der Waals surface area contributed by atoms with Crippen molar-refractivity contribution < 1.29 is 15.0 Å². The molecule has 0 aliphatic carbocycles. The molecule has 0 radical (unpaired) electrons. The lowest BCUT2D eigenvalue weighted by molar-refractivity contribution is -0.164. The second kappa shape index (κ2) is 7.98. The van der Waals surface area contributed by atoms with Crippen molar-refractivity contribution in [3.63, 3.8) is 0 Å². The van der Waals surface area contributed by atoms with Crippen LogP contribution in [0.15, 0.2) is 48.8 Å². The van der Waals surface area contributed by atoms with Gasteiger partial charge < -0.3 is 10.2 Å². The first-order chi connectivity index (χ1) is 12.5. The molecular weight excluding hydrogens is 328 g/mol. The van der Waals surface area contributed by atoms with Crippen LogP contribution >= 0.6 is 0 Å². The lowest BCUT2D eigenvalue weighted by Crippen LogP contribution is -2.55. The Bertz CT molecular complexity index is 733. The zero-order valence-corrected chi connectivity index (χ0v) is 15.1. The quantitative estimate of drug-likeness (QED) is 0.833. The highest BCUT2D eigenvalue weighted by Gasteiger charge is 2.48. The smallest absolute Gasteiger partial charge is 0.313 e. The number of carbonyl (C=O) groups is 1. The van der Waals surface area contributed by atoms with Gasteiger partial charge in [0.2, 0.25) is 0 Å². The molecule has 0 amide bonds. The van der Waals surface area contributed by atoms with Gasteiger partial charge in [0.05, 0.1) is 6.10 Å². The van der Waals surface area contributed by atoms with Gasteiger partial charge in [0.15, 0.2) is 0 Å². The summed E-state index contributed by atoms with van der Waals surface area (Å²) in [7, 11) is 0. The van der Waals surface area contributed by atoms with E-state index in [9.17, 15) is 15.0 Å². The Hall–Kier alpha value is -2.24. The SMILES string of the molecule is CCC[C@]1(C(=O)O)CN(Cc2ccc(-c3cccnc3)cc2)CC[C@@H]1O. The molecular formula is C21H26N2O3. The highest BCUT2D eigenvalue weighted by atomic mass is 16.4. The first-order valence-corrected chi connectivity index (χ1v) is 9.18. The molecule has 2 atom stereocenters. The molecule has 0 saturated carbocycles. The van der Waals surface area contributed by atoms with Crippen LogP contribution in [0.2, 0.25) is 0 Å². The molecule has 0 spiro atoms. The molecule has 1 saturated heterocycles. The molecule has 1 fully saturated rings. The van der Waals surface area contributed by atoms with Crippen LogP contribution in [0.1, 0.15) is 31.7 Å². The number of piperidine rings is 1. The molecule has 0 bridgehead atoms. The van der Waals surface area contributed by atoms with Gasteiger partial charge in [-0.05, 0) is 35.6 Å². The van der Waals surface area contributed by atoms with Gasteiger partial charge in [-0.3, -0.25) is 14.7 Å². The third-order valence-corrected chi connectivity index (χ3v) is 5.34. The number of aliphatic carboxylic acids is 1. The minimum Gasteiger partial charge on any atom is -0.481 e. The number of likely N-dealkylation sites (tertiary alicyclic amines) is 1. The summed E-state index contributed by atoms with van der Waals surface area (Å²) >= 11 is 0. The minimum absolute atomic E-state index is 0.391. The van der Waals surface area contributed by atoms with Crippen LogP contribution in [0.5, 0.6) is 0 Å². The lowest BCUT2D eigenvalue weighted by atomic mass is 9.74. The number of rotatable bonds is 6. The first kappa shape index (κ1) is 18.5. The second-order valence-electron chi connectivity index (χ2n) is 7.17. The zero-order valence-electron chi connectivity index (χ0n) is 15.1. The third-order valence-electron chi connectivity index (χ3n) is 5.34. The number of hydrogen-bond acceptors (Lipinski definition) is 4. The highest BCUT2D eigenvalue weighted by molar-refractivity contribution is 5.76. The molecule has 2 N–H and O–H groups in total. The van der Waals surface area contributed by atoms with Gasteiger partial charge in [0.1, 0.15) is 5.41 Å². The third kappa shape index (κ3) is 3.79. The summed E-state index contributed by atoms with van der Waals surface area (Å²) in [4.78, 5) is 18.2. The molecule has 1 aliphatic rings. The fraction of sp³-hybridized carbons (Fsp3) is 0.429. The summed E-state index contributed by atoms with van der Waals surface area (Å²) < 4.78 is 0. The van der Waals surface area contributed by atoms with E-state index in [4.69, 9.17) is 0 Å². The van der Waals surface area contributed by atoms with Gasteiger partial charge in [-0.15, -0.1) is 0 Å².